The molecular formula is C15H19ClN2O2. The standard InChI is InChI=1S/C15H19ClN2O2/c1-3-11(2)18-8-7-12(17-18)10-20-15-6-4-5-14(16)13(15)9-19/h4-8,11,19H,3,9-10H2,1-2H3. The van der Waals surface area contributed by atoms with Crippen molar-refractivity contribution >= 4 is 11.6 Å². The van der Waals surface area contributed by atoms with Crippen LogP contribution in [-0.4, -0.2) is 14.9 Å². The van der Waals surface area contributed by atoms with Gasteiger partial charge in [-0.15, -0.1) is 0 Å². The predicted molar refractivity (Wildman–Crippen MR) is 78.9 cm³/mol. The minimum atomic E-state index is -0.143. The van der Waals surface area contributed by atoms with Crippen molar-refractivity contribution in [3.05, 3.63) is 46.7 Å². The van der Waals surface area contributed by atoms with Gasteiger partial charge in [0.1, 0.15) is 12.4 Å². The first-order valence-electron chi connectivity index (χ1n) is 6.70. The van der Waals surface area contributed by atoms with Crippen LogP contribution >= 0.6 is 11.6 Å². The molecule has 0 aliphatic heterocycles. The molecule has 0 spiro atoms. The van der Waals surface area contributed by atoms with E-state index in [4.69, 9.17) is 16.3 Å². The van der Waals surface area contributed by atoms with E-state index in [-0.39, 0.29) is 6.61 Å². The summed E-state index contributed by atoms with van der Waals surface area (Å²) in [5.74, 6) is 0.595. The highest BCUT2D eigenvalue weighted by Gasteiger charge is 2.09. The summed E-state index contributed by atoms with van der Waals surface area (Å²) in [6.07, 6.45) is 2.99. The summed E-state index contributed by atoms with van der Waals surface area (Å²) in [6, 6.07) is 7.65. The minimum Gasteiger partial charge on any atom is -0.487 e. The second-order valence-electron chi connectivity index (χ2n) is 4.71. The zero-order chi connectivity index (χ0) is 14.5. The molecule has 2 rings (SSSR count). The van der Waals surface area contributed by atoms with Crippen LogP contribution in [0, 0.1) is 0 Å². The third-order valence-corrected chi connectivity index (χ3v) is 3.67. The summed E-state index contributed by atoms with van der Waals surface area (Å²) in [5, 5.41) is 14.3. The zero-order valence-corrected chi connectivity index (χ0v) is 12.5. The fourth-order valence-corrected chi connectivity index (χ4v) is 2.09. The van der Waals surface area contributed by atoms with E-state index in [0.717, 1.165) is 12.1 Å². The molecule has 4 nitrogen and oxygen atoms in total. The van der Waals surface area contributed by atoms with Gasteiger partial charge in [-0.3, -0.25) is 4.68 Å². The van der Waals surface area contributed by atoms with Gasteiger partial charge in [-0.2, -0.15) is 5.10 Å². The monoisotopic (exact) mass is 294 g/mol. The number of aliphatic hydroxyl groups excluding tert-OH is 1. The smallest absolute Gasteiger partial charge is 0.132 e. The second-order valence-corrected chi connectivity index (χ2v) is 5.11. The van der Waals surface area contributed by atoms with E-state index >= 15 is 0 Å². The number of aromatic nitrogens is 2. The van der Waals surface area contributed by atoms with Gasteiger partial charge in [-0.25, -0.2) is 0 Å². The van der Waals surface area contributed by atoms with Gasteiger partial charge in [0.15, 0.2) is 0 Å². The fourth-order valence-electron chi connectivity index (χ4n) is 1.87. The lowest BCUT2D eigenvalue weighted by molar-refractivity contribution is 0.257. The number of hydrogen-bond donors (Lipinski definition) is 1. The van der Waals surface area contributed by atoms with Gasteiger partial charge in [0.2, 0.25) is 0 Å². The fraction of sp³-hybridized carbons (Fsp3) is 0.400. The van der Waals surface area contributed by atoms with Crippen molar-refractivity contribution in [1.82, 2.24) is 9.78 Å². The molecule has 0 saturated carbocycles. The van der Waals surface area contributed by atoms with E-state index in [0.29, 0.717) is 29.0 Å². The Morgan fingerprint density at radius 1 is 1.40 bits per heavy atom. The van der Waals surface area contributed by atoms with Gasteiger partial charge in [0, 0.05) is 22.8 Å². The van der Waals surface area contributed by atoms with E-state index in [9.17, 15) is 5.11 Å². The summed E-state index contributed by atoms with van der Waals surface area (Å²) < 4.78 is 7.64. The van der Waals surface area contributed by atoms with Crippen LogP contribution in [0.3, 0.4) is 0 Å². The third-order valence-electron chi connectivity index (χ3n) is 3.32. The number of rotatable bonds is 6. The Balaban J connectivity index is 2.05. The largest absolute Gasteiger partial charge is 0.487 e. The first-order valence-corrected chi connectivity index (χ1v) is 7.08. The molecular weight excluding hydrogens is 276 g/mol. The number of benzene rings is 1. The summed E-state index contributed by atoms with van der Waals surface area (Å²) >= 11 is 6.02. The van der Waals surface area contributed by atoms with Crippen molar-refractivity contribution in [2.24, 2.45) is 0 Å². The molecule has 5 heteroatoms. The molecule has 1 atom stereocenters. The third kappa shape index (κ3) is 3.32. The first kappa shape index (κ1) is 14.9. The molecule has 1 heterocycles. The van der Waals surface area contributed by atoms with Gasteiger partial charge < -0.3 is 9.84 Å². The maximum absolute atomic E-state index is 9.32. The van der Waals surface area contributed by atoms with Gasteiger partial charge >= 0.3 is 0 Å². The summed E-state index contributed by atoms with van der Waals surface area (Å²) in [6.45, 7) is 4.47. The molecule has 2 aromatic rings. The average molecular weight is 295 g/mol. The second kappa shape index (κ2) is 6.77. The van der Waals surface area contributed by atoms with Crippen LogP contribution in [0.5, 0.6) is 5.75 Å². The number of halogens is 1. The molecule has 1 N–H and O–H groups in total. The van der Waals surface area contributed by atoms with E-state index in [2.05, 4.69) is 18.9 Å². The van der Waals surface area contributed by atoms with E-state index in [1.807, 2.05) is 16.9 Å². The molecule has 0 aliphatic carbocycles. The van der Waals surface area contributed by atoms with Crippen LogP contribution in [0.2, 0.25) is 5.02 Å². The van der Waals surface area contributed by atoms with Crippen LogP contribution in [-0.2, 0) is 13.2 Å². The van der Waals surface area contributed by atoms with Crippen molar-refractivity contribution < 1.29 is 9.84 Å². The maximum atomic E-state index is 9.32. The van der Waals surface area contributed by atoms with Crippen molar-refractivity contribution in [2.45, 2.75) is 39.5 Å². The van der Waals surface area contributed by atoms with Gasteiger partial charge in [0.05, 0.1) is 12.3 Å². The van der Waals surface area contributed by atoms with Crippen molar-refractivity contribution in [3.63, 3.8) is 0 Å². The van der Waals surface area contributed by atoms with Crippen molar-refractivity contribution in [3.8, 4) is 5.75 Å². The lowest BCUT2D eigenvalue weighted by Gasteiger charge is -2.11. The molecule has 1 aromatic heterocycles. The highest BCUT2D eigenvalue weighted by atomic mass is 35.5. The lowest BCUT2D eigenvalue weighted by atomic mass is 10.2. The highest BCUT2D eigenvalue weighted by Crippen LogP contribution is 2.26. The van der Waals surface area contributed by atoms with E-state index in [1.165, 1.54) is 0 Å². The Bertz CT molecular complexity index is 569. The number of ether oxygens (including phenoxy) is 1. The molecule has 0 aliphatic rings. The molecule has 0 radical (unpaired) electrons. The van der Waals surface area contributed by atoms with Crippen molar-refractivity contribution in [2.75, 3.05) is 0 Å². The van der Waals surface area contributed by atoms with Gasteiger partial charge in [0.25, 0.3) is 0 Å². The summed E-state index contributed by atoms with van der Waals surface area (Å²) in [4.78, 5) is 0. The quantitative estimate of drug-likeness (QED) is 0.886. The Kier molecular flexibility index (Phi) is 5.04. The van der Waals surface area contributed by atoms with Crippen molar-refractivity contribution in [1.29, 1.82) is 0 Å². The van der Waals surface area contributed by atoms with Crippen LogP contribution in [0.25, 0.3) is 0 Å². The van der Waals surface area contributed by atoms with E-state index < -0.39 is 0 Å². The SMILES string of the molecule is CCC(C)n1ccc(COc2cccc(Cl)c2CO)n1. The molecule has 1 unspecified atom stereocenters. The molecule has 20 heavy (non-hydrogen) atoms. The Morgan fingerprint density at radius 2 is 2.20 bits per heavy atom. The van der Waals surface area contributed by atoms with Crippen LogP contribution in [0.15, 0.2) is 30.5 Å². The van der Waals surface area contributed by atoms with Gasteiger partial charge in [-0.05, 0) is 31.5 Å². The highest BCUT2D eigenvalue weighted by molar-refractivity contribution is 6.31. The average Bonchev–Trinajstić information content (AvgIpc) is 2.93. The van der Waals surface area contributed by atoms with Crippen LogP contribution in [0.4, 0.5) is 0 Å². The first-order chi connectivity index (χ1) is 9.65. The van der Waals surface area contributed by atoms with E-state index in [1.54, 1.807) is 18.2 Å². The maximum Gasteiger partial charge on any atom is 0.132 e. The van der Waals surface area contributed by atoms with Crippen LogP contribution < -0.4 is 4.74 Å². The van der Waals surface area contributed by atoms with Crippen LogP contribution in [0.1, 0.15) is 37.6 Å². The number of aliphatic hydroxyl groups is 1. The Labute approximate surface area is 123 Å². The molecule has 1 aromatic carbocycles. The Morgan fingerprint density at radius 3 is 2.90 bits per heavy atom. The normalized spacial score (nSPS) is 12.4. The number of nitrogens with zero attached hydrogens (tertiary/aromatic N) is 2. The zero-order valence-electron chi connectivity index (χ0n) is 11.7. The molecule has 0 bridgehead atoms. The number of hydrogen-bond acceptors (Lipinski definition) is 3. The summed E-state index contributed by atoms with van der Waals surface area (Å²) in [7, 11) is 0. The predicted octanol–water partition coefficient (Wildman–Crippen LogP) is 3.58. The summed E-state index contributed by atoms with van der Waals surface area (Å²) in [5.41, 5.74) is 1.46. The Hall–Kier alpha value is -1.52. The molecule has 0 saturated heterocycles. The molecule has 0 fully saturated rings. The molecule has 108 valence electrons. The minimum absolute atomic E-state index is 0.143. The molecule has 0 amide bonds. The lowest BCUT2D eigenvalue weighted by Crippen LogP contribution is -2.06. The topological polar surface area (TPSA) is 47.3 Å². The van der Waals surface area contributed by atoms with Gasteiger partial charge in [-0.1, -0.05) is 24.6 Å².